The van der Waals surface area contributed by atoms with Crippen molar-refractivity contribution in [3.63, 3.8) is 0 Å². The number of hydrogen-bond donors (Lipinski definition) is 2. The van der Waals surface area contributed by atoms with Crippen molar-refractivity contribution < 1.29 is 36.9 Å². The van der Waals surface area contributed by atoms with E-state index in [2.05, 4.69) is 60.6 Å². The molecule has 2 saturated carbocycles. The number of halogens is 3. The van der Waals surface area contributed by atoms with Crippen molar-refractivity contribution in [2.45, 2.75) is 109 Å². The molecule has 3 aliphatic rings. The molecule has 2 N–H and O–H groups in total. The van der Waals surface area contributed by atoms with Crippen LogP contribution in [-0.2, 0) is 22.4 Å². The average molecular weight is 778 g/mol. The Bertz CT molecular complexity index is 2160. The van der Waals surface area contributed by atoms with Crippen molar-refractivity contribution >= 4 is 27.9 Å². The van der Waals surface area contributed by atoms with Gasteiger partial charge in [-0.25, -0.2) is 15.0 Å². The van der Waals surface area contributed by atoms with Crippen LogP contribution in [0.2, 0.25) is 0 Å². The van der Waals surface area contributed by atoms with Crippen LogP contribution in [0.25, 0.3) is 22.1 Å². The molecule has 2 aliphatic carbocycles. The summed E-state index contributed by atoms with van der Waals surface area (Å²) in [5.41, 5.74) is 3.00. The number of nitrogens with zero attached hydrogens (tertiary/aromatic N) is 5. The zero-order chi connectivity index (χ0) is 39.4. The van der Waals surface area contributed by atoms with Gasteiger partial charge in [-0.3, -0.25) is 4.90 Å². The SMILES string of the molecule is COc1ccc(CNc2ncnc3c2ccn3C2CC(CN(C(C)C)C3CC(CCc4nc5ccc(OC(F)(F)F)cc5[nH]4)C3)C3OC(C)(C)OC32)c(OC)c1. The first-order chi connectivity index (χ1) is 26.8. The van der Waals surface area contributed by atoms with Crippen molar-refractivity contribution in [1.29, 1.82) is 0 Å². The van der Waals surface area contributed by atoms with Crippen molar-refractivity contribution in [3.05, 3.63) is 66.4 Å². The molecule has 1 aliphatic heterocycles. The number of aryl methyl sites for hydroxylation is 1. The third-order valence-corrected chi connectivity index (χ3v) is 11.7. The molecule has 12 nitrogen and oxygen atoms in total. The molecule has 3 aromatic heterocycles. The standard InChI is InChI=1S/C41H50F3N7O5/c1-23(2)51(27-15-24(16-27)7-12-35-48-31-11-10-29(18-32(31)49-35)54-41(42,43)44)21-26-17-33(37-36(26)55-40(3,4)56-37)50-14-13-30-38(46-22-47-39(30)50)45-20-25-8-9-28(52-5)19-34(25)53-6/h8-11,13-14,18-19,22-24,26-27,33,36-37H,7,12,15-17,20-21H2,1-6H3,(H,48,49)(H,45,46,47). The Labute approximate surface area is 324 Å². The van der Waals surface area contributed by atoms with Gasteiger partial charge in [0.1, 0.15) is 47.0 Å². The molecule has 300 valence electrons. The quantitative estimate of drug-likeness (QED) is 0.115. The van der Waals surface area contributed by atoms with E-state index in [0.717, 1.165) is 78.4 Å². The second kappa shape index (κ2) is 15.1. The van der Waals surface area contributed by atoms with Crippen molar-refractivity contribution in [2.75, 3.05) is 26.1 Å². The molecule has 5 aromatic rings. The first-order valence-electron chi connectivity index (χ1n) is 19.4. The van der Waals surface area contributed by atoms with Gasteiger partial charge in [-0.05, 0) is 89.6 Å². The zero-order valence-electron chi connectivity index (χ0n) is 32.6. The zero-order valence-corrected chi connectivity index (χ0v) is 32.6. The van der Waals surface area contributed by atoms with Gasteiger partial charge in [0.25, 0.3) is 0 Å². The van der Waals surface area contributed by atoms with Gasteiger partial charge in [0.15, 0.2) is 5.79 Å². The summed E-state index contributed by atoms with van der Waals surface area (Å²) in [6, 6.07) is 12.9. The first-order valence-corrected chi connectivity index (χ1v) is 19.4. The van der Waals surface area contributed by atoms with E-state index in [-0.39, 0.29) is 29.9 Å². The smallest absolute Gasteiger partial charge is 0.497 e. The maximum Gasteiger partial charge on any atom is 0.573 e. The van der Waals surface area contributed by atoms with E-state index in [1.807, 2.05) is 32.0 Å². The fraction of sp³-hybridized carbons (Fsp3) is 0.537. The molecule has 15 heteroatoms. The number of methoxy groups -OCH3 is 2. The molecular formula is C41H50F3N7O5. The van der Waals surface area contributed by atoms with Crippen LogP contribution in [0.4, 0.5) is 19.0 Å². The number of fused-ring (bicyclic) bond motifs is 3. The molecule has 0 bridgehead atoms. The van der Waals surface area contributed by atoms with Crippen LogP contribution in [0.5, 0.6) is 17.2 Å². The Kier molecular flexibility index (Phi) is 10.3. The van der Waals surface area contributed by atoms with E-state index in [9.17, 15) is 13.2 Å². The fourth-order valence-electron chi connectivity index (χ4n) is 9.02. The highest BCUT2D eigenvalue weighted by Crippen LogP contribution is 2.49. The molecule has 2 aromatic carbocycles. The van der Waals surface area contributed by atoms with Crippen LogP contribution >= 0.6 is 0 Å². The van der Waals surface area contributed by atoms with Gasteiger partial charge in [0.05, 0.1) is 42.8 Å². The van der Waals surface area contributed by atoms with Crippen LogP contribution in [0.3, 0.4) is 0 Å². The Morgan fingerprint density at radius 2 is 1.79 bits per heavy atom. The Balaban J connectivity index is 0.922. The summed E-state index contributed by atoms with van der Waals surface area (Å²) >= 11 is 0. The van der Waals surface area contributed by atoms with Crippen LogP contribution in [0, 0.1) is 11.8 Å². The molecule has 4 atom stereocenters. The van der Waals surface area contributed by atoms with E-state index < -0.39 is 12.1 Å². The van der Waals surface area contributed by atoms with Gasteiger partial charge in [0, 0.05) is 61.4 Å². The van der Waals surface area contributed by atoms with Crippen molar-refractivity contribution in [2.24, 2.45) is 11.8 Å². The number of hydrogen-bond acceptors (Lipinski definition) is 10. The van der Waals surface area contributed by atoms with Crippen LogP contribution in [0.1, 0.15) is 70.8 Å². The normalized spacial score (nSPS) is 24.6. The van der Waals surface area contributed by atoms with Crippen LogP contribution in [-0.4, -0.2) is 86.6 Å². The summed E-state index contributed by atoms with van der Waals surface area (Å²) in [4.78, 5) is 19.8. The predicted octanol–water partition coefficient (Wildman–Crippen LogP) is 8.04. The minimum absolute atomic E-state index is 0.0387. The van der Waals surface area contributed by atoms with E-state index in [4.69, 9.17) is 23.9 Å². The number of H-pyrrole nitrogens is 1. The molecule has 8 rings (SSSR count). The lowest BCUT2D eigenvalue weighted by molar-refractivity contribution is -0.274. The minimum Gasteiger partial charge on any atom is -0.497 e. The fourth-order valence-corrected chi connectivity index (χ4v) is 9.02. The second-order valence-electron chi connectivity index (χ2n) is 16.1. The summed E-state index contributed by atoms with van der Waals surface area (Å²) in [7, 11) is 3.29. The summed E-state index contributed by atoms with van der Waals surface area (Å²) in [5.74, 6) is 2.86. The number of imidazole rings is 1. The number of alkyl halides is 3. The lowest BCUT2D eigenvalue weighted by Gasteiger charge is -2.46. The largest absolute Gasteiger partial charge is 0.573 e. The van der Waals surface area contributed by atoms with E-state index in [1.54, 1.807) is 26.6 Å². The van der Waals surface area contributed by atoms with E-state index in [0.29, 0.717) is 35.6 Å². The van der Waals surface area contributed by atoms with Gasteiger partial charge in [-0.15, -0.1) is 13.2 Å². The topological polar surface area (TPSA) is 121 Å². The number of anilines is 1. The molecule has 3 fully saturated rings. The maximum atomic E-state index is 12.7. The van der Waals surface area contributed by atoms with Gasteiger partial charge < -0.3 is 38.6 Å². The Hall–Kier alpha value is -4.60. The number of ether oxygens (including phenoxy) is 5. The molecule has 56 heavy (non-hydrogen) atoms. The third-order valence-electron chi connectivity index (χ3n) is 11.7. The molecular weight excluding hydrogens is 727 g/mol. The summed E-state index contributed by atoms with van der Waals surface area (Å²) in [5, 5.41) is 4.43. The second-order valence-corrected chi connectivity index (χ2v) is 16.1. The van der Waals surface area contributed by atoms with Gasteiger partial charge in [-0.1, -0.05) is 0 Å². The van der Waals surface area contributed by atoms with E-state index >= 15 is 0 Å². The van der Waals surface area contributed by atoms with Crippen molar-refractivity contribution in [1.82, 2.24) is 29.4 Å². The maximum absolute atomic E-state index is 12.7. The number of aromatic nitrogens is 5. The van der Waals surface area contributed by atoms with Gasteiger partial charge in [-0.2, -0.15) is 0 Å². The summed E-state index contributed by atoms with van der Waals surface area (Å²) in [6.07, 6.45) is 3.57. The lowest BCUT2D eigenvalue weighted by Crippen LogP contribution is -2.51. The monoisotopic (exact) mass is 777 g/mol. The number of rotatable bonds is 14. The highest BCUT2D eigenvalue weighted by atomic mass is 19.4. The van der Waals surface area contributed by atoms with E-state index in [1.165, 1.54) is 12.1 Å². The summed E-state index contributed by atoms with van der Waals surface area (Å²) < 4.78 is 68.7. The van der Waals surface area contributed by atoms with Gasteiger partial charge in [0.2, 0.25) is 0 Å². The van der Waals surface area contributed by atoms with Crippen LogP contribution in [0.15, 0.2) is 55.0 Å². The molecule has 1 saturated heterocycles. The highest BCUT2D eigenvalue weighted by molar-refractivity contribution is 5.87. The van der Waals surface area contributed by atoms with Crippen molar-refractivity contribution in [3.8, 4) is 17.2 Å². The molecule has 4 heterocycles. The summed E-state index contributed by atoms with van der Waals surface area (Å²) in [6.45, 7) is 9.96. The highest BCUT2D eigenvalue weighted by Gasteiger charge is 2.55. The molecule has 4 unspecified atom stereocenters. The predicted molar refractivity (Wildman–Crippen MR) is 205 cm³/mol. The Morgan fingerprint density at radius 3 is 2.54 bits per heavy atom. The molecule has 0 amide bonds. The molecule has 0 radical (unpaired) electrons. The Morgan fingerprint density at radius 1 is 1.00 bits per heavy atom. The van der Waals surface area contributed by atoms with Gasteiger partial charge >= 0.3 is 6.36 Å². The van der Waals surface area contributed by atoms with Crippen LogP contribution < -0.4 is 19.5 Å². The number of nitrogens with one attached hydrogen (secondary N) is 2. The third kappa shape index (κ3) is 7.85. The lowest BCUT2D eigenvalue weighted by atomic mass is 9.76. The minimum atomic E-state index is -4.73. The molecule has 0 spiro atoms. The number of benzene rings is 2. The number of aromatic amines is 1. The first kappa shape index (κ1) is 38.3. The average Bonchev–Trinajstić information content (AvgIpc) is 3.90.